The number of aromatic nitrogens is 6. The molecule has 0 bridgehead atoms. The Balaban J connectivity index is 0.000000173. The van der Waals surface area contributed by atoms with Crippen molar-refractivity contribution in [3.8, 4) is 45.0 Å². The smallest absolute Gasteiger partial charge is 0.410 e. The number of fused-ring (bicyclic) bond motifs is 2. The third-order valence-corrected chi connectivity index (χ3v) is 18.6. The van der Waals surface area contributed by atoms with Gasteiger partial charge in [-0.15, -0.1) is 0 Å². The molecule has 90 heavy (non-hydrogen) atoms. The van der Waals surface area contributed by atoms with E-state index >= 15 is 0 Å². The minimum Gasteiger partial charge on any atom is -0.444 e. The molecule has 0 spiro atoms. The molecule has 9 heterocycles. The summed E-state index contributed by atoms with van der Waals surface area (Å²) in [6.07, 6.45) is 15.5. The van der Waals surface area contributed by atoms with E-state index in [0.29, 0.717) is 36.9 Å². The van der Waals surface area contributed by atoms with E-state index in [1.165, 1.54) is 53.7 Å². The summed E-state index contributed by atoms with van der Waals surface area (Å²) in [6.45, 7) is 22.8. The molecular weight excluding hydrogens is 1120 g/mol. The Bertz CT molecular complexity index is 4120. The summed E-state index contributed by atoms with van der Waals surface area (Å²) in [5.74, 6) is 4.70. The van der Waals surface area contributed by atoms with Gasteiger partial charge in [0, 0.05) is 72.5 Å². The molecule has 8 atom stereocenters. The molecule has 6 aliphatic rings. The summed E-state index contributed by atoms with van der Waals surface area (Å²) in [7, 11) is 0. The molecule has 0 unspecified atom stereocenters. The van der Waals surface area contributed by atoms with Gasteiger partial charge in [-0.05, 0) is 191 Å². The van der Waals surface area contributed by atoms with E-state index in [4.69, 9.17) is 34.4 Å². The van der Waals surface area contributed by atoms with Crippen molar-refractivity contribution in [1.82, 2.24) is 45.0 Å². The Morgan fingerprint density at radius 1 is 0.500 bits per heavy atom. The summed E-state index contributed by atoms with van der Waals surface area (Å²) in [4.78, 5) is 65.4. The second kappa shape index (κ2) is 24.7. The predicted molar refractivity (Wildman–Crippen MR) is 361 cm³/mol. The van der Waals surface area contributed by atoms with Gasteiger partial charge in [0.1, 0.15) is 22.9 Å². The Kier molecular flexibility index (Phi) is 16.5. The molecule has 15 nitrogen and oxygen atoms in total. The number of pyridine rings is 2. The molecule has 8 aromatic rings. The van der Waals surface area contributed by atoms with Crippen LogP contribution in [0.25, 0.3) is 78.0 Å². The number of hydrogen-bond acceptors (Lipinski definition) is 11. The molecule has 1 saturated carbocycles. The number of amides is 2. The molecule has 3 saturated heterocycles. The van der Waals surface area contributed by atoms with Crippen LogP contribution in [-0.2, 0) is 9.47 Å². The number of likely N-dealkylation sites (tertiary alicyclic amines) is 2. The van der Waals surface area contributed by atoms with Crippen molar-refractivity contribution in [3.63, 3.8) is 0 Å². The summed E-state index contributed by atoms with van der Waals surface area (Å²) in [5.41, 5.74) is 16.2. The van der Waals surface area contributed by atoms with E-state index in [-0.39, 0.29) is 24.3 Å². The number of rotatable bonds is 10. The molecule has 2 amide bonds. The van der Waals surface area contributed by atoms with Gasteiger partial charge in [-0.3, -0.25) is 19.8 Å². The summed E-state index contributed by atoms with van der Waals surface area (Å²) in [6, 6.07) is 39.0. The van der Waals surface area contributed by atoms with E-state index in [9.17, 15) is 9.59 Å². The van der Waals surface area contributed by atoms with Crippen LogP contribution in [0, 0.1) is 23.7 Å². The van der Waals surface area contributed by atoms with Gasteiger partial charge in [0.25, 0.3) is 0 Å². The van der Waals surface area contributed by atoms with Gasteiger partial charge in [0.15, 0.2) is 0 Å². The molecule has 4 aromatic heterocycles. The topological polar surface area (TPSA) is 179 Å². The zero-order valence-electron chi connectivity index (χ0n) is 53.8. The van der Waals surface area contributed by atoms with E-state index in [2.05, 4.69) is 157 Å². The fraction of sp³-hybridized carbons (Fsp3) is 0.413. The fourth-order valence-electron chi connectivity index (χ4n) is 14.0. The minimum absolute atomic E-state index is 0.0365. The maximum atomic E-state index is 13.0. The second-order valence-corrected chi connectivity index (χ2v) is 28.5. The molecule has 0 radical (unpaired) electrons. The maximum Gasteiger partial charge on any atom is 0.410 e. The van der Waals surface area contributed by atoms with Crippen molar-refractivity contribution in [3.05, 3.63) is 157 Å². The van der Waals surface area contributed by atoms with Crippen molar-refractivity contribution in [2.24, 2.45) is 33.7 Å². The van der Waals surface area contributed by atoms with E-state index in [1.807, 2.05) is 64.9 Å². The molecule has 4 aromatic carbocycles. The highest BCUT2D eigenvalue weighted by molar-refractivity contribution is 6.03. The number of aliphatic imine (C=N–C) groups is 2. The van der Waals surface area contributed by atoms with E-state index in [0.717, 1.165) is 128 Å². The first kappa shape index (κ1) is 60.4. The van der Waals surface area contributed by atoms with Crippen LogP contribution in [0.3, 0.4) is 0 Å². The lowest BCUT2D eigenvalue weighted by molar-refractivity contribution is 0.0212. The van der Waals surface area contributed by atoms with Gasteiger partial charge >= 0.3 is 12.2 Å². The standard InChI is InChI=1S/C42H50N6O4.C33H35N5/c1-25-17-36(47(23-25)39(49)51-41(3,4)5)34-20-31(21-43-34)28-11-9-27(10-12-28)29-13-15-32-30(19-29)14-16-33(45-32)35-22-44-38(46-35)37-18-26(2)24-48(37)40(50)52-42(6,7)8;1-20-3-4-26(13-20)33-36-19-32(38-33)29-12-10-25-15-24(9-11-28(25)37-29)22-5-7-23(8-6-22)27-16-31(35-18-27)30-14-21(2)17-34-30/h9-16,19,21-22,25-26,36-37H,17-18,20,23-24H2,1-8H3,(H,44,46);5-12,15,18-21,26,30,34H,3-4,13-14,16-17H2,1-2H3,(H,36,38)/t25-,26-,36-,37-;20-,21+,26+,30+/m01/s1. The number of H-pyrrole nitrogens is 2. The number of hydrogen-bond donors (Lipinski definition) is 3. The molecular formula is C75H85N11O4. The number of allylic oxidation sites excluding steroid dienone is 2. The number of nitrogens with one attached hydrogen (secondary N) is 3. The first-order valence-corrected chi connectivity index (χ1v) is 32.6. The van der Waals surface area contributed by atoms with Crippen molar-refractivity contribution in [2.45, 2.75) is 156 Å². The number of benzene rings is 4. The van der Waals surface area contributed by atoms with Gasteiger partial charge in [0.05, 0.1) is 58.3 Å². The average Bonchev–Trinajstić information content (AvgIpc) is 3.17. The number of nitrogens with zero attached hydrogens (tertiary/aromatic N) is 8. The lowest BCUT2D eigenvalue weighted by Gasteiger charge is -2.28. The molecule has 3 N–H and O–H groups in total. The van der Waals surface area contributed by atoms with Gasteiger partial charge in [-0.25, -0.2) is 29.5 Å². The number of ether oxygens (including phenoxy) is 2. The fourth-order valence-corrected chi connectivity index (χ4v) is 14.0. The monoisotopic (exact) mass is 1200 g/mol. The molecule has 1 aliphatic carbocycles. The minimum atomic E-state index is -0.559. The number of carbonyl (C=O) groups excluding carboxylic acids is 2. The molecule has 5 aliphatic heterocycles. The lowest BCUT2D eigenvalue weighted by Crippen LogP contribution is -2.43. The molecule has 15 heteroatoms. The van der Waals surface area contributed by atoms with Crippen LogP contribution in [-0.4, -0.2) is 106 Å². The summed E-state index contributed by atoms with van der Waals surface area (Å²) >= 11 is 0. The SMILES string of the molecule is C[C@@H]1CC[C@H](c2ncc(-c3ccc4cc(-c5ccc(C6=CN=C([C@@H]7C[C@H](C)CN7)C6)cc5)ccc4n3)[nH]2)C1.C[C@H]1C[C@@H](C2=NC=C(c3ccc(-c4ccc5nc(-c6cnc([C@@H]7C[C@H](C)CN7C(=O)OC(C)(C)C)[nH]6)ccc5c4)cc3)C2)N(C(=O)OC(C)(C)C)C1. The Morgan fingerprint density at radius 3 is 1.49 bits per heavy atom. The first-order chi connectivity index (χ1) is 43.2. The second-order valence-electron chi connectivity index (χ2n) is 28.5. The third kappa shape index (κ3) is 13.3. The van der Waals surface area contributed by atoms with Gasteiger partial charge in [0.2, 0.25) is 0 Å². The van der Waals surface area contributed by atoms with E-state index in [1.54, 1.807) is 11.1 Å². The number of aromatic amines is 2. The normalized spacial score (nSPS) is 23.4. The zero-order chi connectivity index (χ0) is 62.6. The van der Waals surface area contributed by atoms with Gasteiger partial charge in [-0.1, -0.05) is 100 Å². The van der Waals surface area contributed by atoms with Gasteiger partial charge < -0.3 is 24.8 Å². The Morgan fingerprint density at radius 2 is 0.978 bits per heavy atom. The van der Waals surface area contributed by atoms with Crippen molar-refractivity contribution in [1.29, 1.82) is 0 Å². The van der Waals surface area contributed by atoms with E-state index < -0.39 is 11.2 Å². The molecule has 14 rings (SSSR count). The zero-order valence-corrected chi connectivity index (χ0v) is 53.8. The average molecular weight is 1200 g/mol. The third-order valence-electron chi connectivity index (χ3n) is 18.6. The highest BCUT2D eigenvalue weighted by Crippen LogP contribution is 2.40. The first-order valence-electron chi connectivity index (χ1n) is 32.6. The molecule has 464 valence electrons. The van der Waals surface area contributed by atoms with Crippen LogP contribution in [0.15, 0.2) is 144 Å². The van der Waals surface area contributed by atoms with Crippen molar-refractivity contribution < 1.29 is 19.1 Å². The van der Waals surface area contributed by atoms with Crippen molar-refractivity contribution in [2.75, 3.05) is 19.6 Å². The summed E-state index contributed by atoms with van der Waals surface area (Å²) in [5, 5.41) is 5.81. The van der Waals surface area contributed by atoms with Crippen LogP contribution in [0.4, 0.5) is 9.59 Å². The highest BCUT2D eigenvalue weighted by atomic mass is 16.6. The summed E-state index contributed by atoms with van der Waals surface area (Å²) < 4.78 is 11.4. The van der Waals surface area contributed by atoms with Crippen LogP contribution in [0.1, 0.15) is 155 Å². The Labute approximate surface area is 529 Å². The molecule has 4 fully saturated rings. The van der Waals surface area contributed by atoms with Crippen molar-refractivity contribution >= 4 is 56.6 Å². The van der Waals surface area contributed by atoms with Crippen LogP contribution < -0.4 is 5.32 Å². The van der Waals surface area contributed by atoms with Gasteiger partial charge in [-0.2, -0.15) is 0 Å². The Hall–Kier alpha value is -8.56. The number of imidazole rings is 2. The van der Waals surface area contributed by atoms with Crippen LogP contribution in [0.2, 0.25) is 0 Å². The predicted octanol–water partition coefficient (Wildman–Crippen LogP) is 16.8. The quantitative estimate of drug-likeness (QED) is 0.120. The lowest BCUT2D eigenvalue weighted by atomic mass is 9.95. The van der Waals surface area contributed by atoms with Crippen LogP contribution >= 0.6 is 0 Å². The maximum absolute atomic E-state index is 13.0. The number of carbonyl (C=O) groups is 2. The largest absolute Gasteiger partial charge is 0.444 e. The highest BCUT2D eigenvalue weighted by Gasteiger charge is 2.41. The van der Waals surface area contributed by atoms with Crippen LogP contribution in [0.5, 0.6) is 0 Å².